The summed E-state index contributed by atoms with van der Waals surface area (Å²) in [4.78, 5) is 22.7. The van der Waals surface area contributed by atoms with Gasteiger partial charge < -0.3 is 10.2 Å². The zero-order valence-electron chi connectivity index (χ0n) is 17.5. The molecule has 3 aromatic rings. The number of nitrogens with zero attached hydrogens (tertiary/aromatic N) is 3. The second kappa shape index (κ2) is 9.15. The molecule has 31 heavy (non-hydrogen) atoms. The maximum absolute atomic E-state index is 13.3. The van der Waals surface area contributed by atoms with Crippen LogP contribution < -0.4 is 10.2 Å². The Kier molecular flexibility index (Phi) is 6.12. The predicted octanol–water partition coefficient (Wildman–Crippen LogP) is 4.70. The van der Waals surface area contributed by atoms with E-state index in [1.807, 2.05) is 24.3 Å². The summed E-state index contributed by atoms with van der Waals surface area (Å²) in [6.45, 7) is 3.74. The fourth-order valence-electron chi connectivity index (χ4n) is 4.68. The predicted molar refractivity (Wildman–Crippen MR) is 128 cm³/mol. The van der Waals surface area contributed by atoms with E-state index < -0.39 is 0 Å². The third-order valence-corrected chi connectivity index (χ3v) is 7.55. The topological polar surface area (TPSA) is 48.5 Å². The van der Waals surface area contributed by atoms with Crippen molar-refractivity contribution in [3.05, 3.63) is 59.1 Å². The number of piperidine rings is 1. The number of thiazole rings is 1. The number of benzene rings is 2. The Hall–Kier alpha value is -2.15. The molecule has 0 saturated carbocycles. The maximum atomic E-state index is 13.3. The third kappa shape index (κ3) is 4.71. The lowest BCUT2D eigenvalue weighted by atomic mass is 10.0. The van der Waals surface area contributed by atoms with E-state index in [1.165, 1.54) is 5.56 Å². The highest BCUT2D eigenvalue weighted by Crippen LogP contribution is 2.34. The van der Waals surface area contributed by atoms with Crippen molar-refractivity contribution in [1.29, 1.82) is 0 Å². The van der Waals surface area contributed by atoms with E-state index in [4.69, 9.17) is 16.6 Å². The molecule has 1 unspecified atom stereocenters. The molecule has 2 aromatic carbocycles. The van der Waals surface area contributed by atoms with Crippen molar-refractivity contribution >= 4 is 44.2 Å². The second-order valence-electron chi connectivity index (χ2n) is 8.53. The summed E-state index contributed by atoms with van der Waals surface area (Å²) in [6.07, 6.45) is 4.05. The highest BCUT2D eigenvalue weighted by Gasteiger charge is 2.33. The quantitative estimate of drug-likeness (QED) is 0.607. The van der Waals surface area contributed by atoms with Crippen LogP contribution in [0.5, 0.6) is 0 Å². The van der Waals surface area contributed by atoms with E-state index >= 15 is 0 Å². The van der Waals surface area contributed by atoms with Crippen LogP contribution in [-0.4, -0.2) is 47.5 Å². The fraction of sp³-hybridized carbons (Fsp3) is 0.417. The molecule has 1 aromatic heterocycles. The summed E-state index contributed by atoms with van der Waals surface area (Å²) in [5.74, 6) is 0.142. The molecule has 162 valence electrons. The standard InChI is InChI=1S/C24H27ClN4OS/c25-18-9-10-20-22(14-18)31-24(27-20)29-12-5-4-8-21(29)23(30)26-19-11-13-28(16-19)15-17-6-2-1-3-7-17/h1-3,6-7,9-10,14,19,21H,4-5,8,11-13,15-16H2,(H,26,30)/t19?,21-/m0/s1. The number of anilines is 1. The smallest absolute Gasteiger partial charge is 0.243 e. The van der Waals surface area contributed by atoms with Crippen LogP contribution in [0, 0.1) is 0 Å². The van der Waals surface area contributed by atoms with Crippen molar-refractivity contribution in [3.8, 4) is 0 Å². The molecule has 1 N–H and O–H groups in total. The lowest BCUT2D eigenvalue weighted by Gasteiger charge is -2.35. The molecule has 0 radical (unpaired) electrons. The zero-order chi connectivity index (χ0) is 21.2. The fourth-order valence-corrected chi connectivity index (χ4v) is 5.99. The minimum Gasteiger partial charge on any atom is -0.350 e. The van der Waals surface area contributed by atoms with Gasteiger partial charge >= 0.3 is 0 Å². The molecule has 2 atom stereocenters. The molecule has 0 aliphatic carbocycles. The molecule has 1 amide bonds. The van der Waals surface area contributed by atoms with Gasteiger partial charge in [-0.3, -0.25) is 9.69 Å². The Morgan fingerprint density at radius 2 is 2.00 bits per heavy atom. The van der Waals surface area contributed by atoms with E-state index in [2.05, 4.69) is 39.4 Å². The first-order valence-electron chi connectivity index (χ1n) is 11.0. The lowest BCUT2D eigenvalue weighted by molar-refractivity contribution is -0.123. The van der Waals surface area contributed by atoms with Crippen LogP contribution in [0.3, 0.4) is 0 Å². The average molecular weight is 455 g/mol. The van der Waals surface area contributed by atoms with Gasteiger partial charge in [0, 0.05) is 37.2 Å². The Balaban J connectivity index is 1.24. The van der Waals surface area contributed by atoms with Crippen LogP contribution >= 0.6 is 22.9 Å². The van der Waals surface area contributed by atoms with E-state index in [9.17, 15) is 4.79 Å². The van der Waals surface area contributed by atoms with Crippen LogP contribution in [0.15, 0.2) is 48.5 Å². The number of rotatable bonds is 5. The SMILES string of the molecule is O=C(NC1CCN(Cc2ccccc2)C1)[C@@H]1CCCCN1c1nc2ccc(Cl)cc2s1. The van der Waals surface area contributed by atoms with Gasteiger partial charge in [0.15, 0.2) is 5.13 Å². The van der Waals surface area contributed by atoms with Crippen LogP contribution in [0.25, 0.3) is 10.2 Å². The van der Waals surface area contributed by atoms with E-state index in [0.717, 1.165) is 72.2 Å². The van der Waals surface area contributed by atoms with Gasteiger partial charge in [-0.05, 0) is 49.4 Å². The van der Waals surface area contributed by atoms with Gasteiger partial charge in [-0.25, -0.2) is 4.98 Å². The third-order valence-electron chi connectivity index (χ3n) is 6.26. The maximum Gasteiger partial charge on any atom is 0.243 e. The van der Waals surface area contributed by atoms with E-state index in [0.29, 0.717) is 0 Å². The van der Waals surface area contributed by atoms with E-state index in [1.54, 1.807) is 11.3 Å². The van der Waals surface area contributed by atoms with Crippen molar-refractivity contribution in [2.75, 3.05) is 24.5 Å². The van der Waals surface area contributed by atoms with Crippen molar-refractivity contribution in [2.45, 2.75) is 44.3 Å². The summed E-state index contributed by atoms with van der Waals surface area (Å²) >= 11 is 7.77. The molecular formula is C24H27ClN4OS. The van der Waals surface area contributed by atoms with Crippen LogP contribution in [0.4, 0.5) is 5.13 Å². The highest BCUT2D eigenvalue weighted by atomic mass is 35.5. The molecule has 2 aliphatic rings. The lowest BCUT2D eigenvalue weighted by Crippen LogP contribution is -2.52. The first kappa shape index (κ1) is 20.7. The molecule has 7 heteroatoms. The number of likely N-dealkylation sites (tertiary alicyclic amines) is 1. The van der Waals surface area contributed by atoms with Gasteiger partial charge in [0.1, 0.15) is 6.04 Å². The van der Waals surface area contributed by atoms with Crippen molar-refractivity contribution in [3.63, 3.8) is 0 Å². The van der Waals surface area contributed by atoms with Gasteiger partial charge in [-0.1, -0.05) is 53.3 Å². The first-order chi connectivity index (χ1) is 15.2. The number of aromatic nitrogens is 1. The number of amides is 1. The van der Waals surface area contributed by atoms with Crippen molar-refractivity contribution in [2.24, 2.45) is 0 Å². The summed E-state index contributed by atoms with van der Waals surface area (Å²) in [6, 6.07) is 16.4. The molecule has 0 bridgehead atoms. The van der Waals surface area contributed by atoms with Crippen LogP contribution in [0.1, 0.15) is 31.2 Å². The largest absolute Gasteiger partial charge is 0.350 e. The van der Waals surface area contributed by atoms with Gasteiger partial charge in [0.25, 0.3) is 0 Å². The monoisotopic (exact) mass is 454 g/mol. The molecular weight excluding hydrogens is 428 g/mol. The molecule has 3 heterocycles. The first-order valence-corrected chi connectivity index (χ1v) is 12.2. The summed E-state index contributed by atoms with van der Waals surface area (Å²) in [5, 5.41) is 4.99. The Morgan fingerprint density at radius 1 is 1.13 bits per heavy atom. The minimum absolute atomic E-state index is 0.142. The van der Waals surface area contributed by atoms with E-state index in [-0.39, 0.29) is 18.0 Å². The molecule has 0 spiro atoms. The summed E-state index contributed by atoms with van der Waals surface area (Å²) < 4.78 is 1.07. The number of nitrogens with one attached hydrogen (secondary N) is 1. The Labute approximate surface area is 192 Å². The van der Waals surface area contributed by atoms with Crippen LogP contribution in [0.2, 0.25) is 5.02 Å². The number of hydrogen-bond acceptors (Lipinski definition) is 5. The molecule has 5 rings (SSSR count). The minimum atomic E-state index is -0.145. The number of halogens is 1. The molecule has 2 fully saturated rings. The van der Waals surface area contributed by atoms with Crippen molar-refractivity contribution < 1.29 is 4.79 Å². The number of carbonyl (C=O) groups excluding carboxylic acids is 1. The van der Waals surface area contributed by atoms with Gasteiger partial charge in [-0.15, -0.1) is 0 Å². The number of carbonyl (C=O) groups is 1. The highest BCUT2D eigenvalue weighted by molar-refractivity contribution is 7.22. The van der Waals surface area contributed by atoms with Gasteiger partial charge in [0.2, 0.25) is 5.91 Å². The molecule has 2 aliphatic heterocycles. The molecule has 2 saturated heterocycles. The summed E-state index contributed by atoms with van der Waals surface area (Å²) in [5.41, 5.74) is 2.27. The average Bonchev–Trinajstić information content (AvgIpc) is 3.40. The van der Waals surface area contributed by atoms with Gasteiger partial charge in [-0.2, -0.15) is 0 Å². The number of hydrogen-bond donors (Lipinski definition) is 1. The Morgan fingerprint density at radius 3 is 2.87 bits per heavy atom. The van der Waals surface area contributed by atoms with Gasteiger partial charge in [0.05, 0.1) is 10.2 Å². The number of fused-ring (bicyclic) bond motifs is 1. The zero-order valence-corrected chi connectivity index (χ0v) is 19.0. The second-order valence-corrected chi connectivity index (χ2v) is 9.97. The Bertz CT molecular complexity index is 1060. The van der Waals surface area contributed by atoms with Crippen molar-refractivity contribution in [1.82, 2.24) is 15.2 Å². The molecule has 5 nitrogen and oxygen atoms in total. The summed E-state index contributed by atoms with van der Waals surface area (Å²) in [7, 11) is 0. The van der Waals surface area contributed by atoms with Crippen LogP contribution in [-0.2, 0) is 11.3 Å². The normalized spacial score (nSPS) is 22.2.